The summed E-state index contributed by atoms with van der Waals surface area (Å²) in [5.41, 5.74) is 27.4. The molecule has 19 rings (SSSR count). The van der Waals surface area contributed by atoms with Crippen molar-refractivity contribution in [3.8, 4) is 169 Å². The summed E-state index contributed by atoms with van der Waals surface area (Å²) < 4.78 is 14.1. The first kappa shape index (κ1) is 83.3. The maximum atomic E-state index is 6.08. The van der Waals surface area contributed by atoms with Crippen LogP contribution in [0.1, 0.15) is 61.9 Å². The number of aryl methyl sites for hydroxylation is 6. The Kier molecular flexibility index (Phi) is 24.4. The topological polar surface area (TPSA) is 173 Å². The molecular formula is C108H87BBr2N12O2. The fourth-order valence-corrected chi connectivity index (χ4v) is 16.1. The van der Waals surface area contributed by atoms with Gasteiger partial charge in [-0.1, -0.05) is 287 Å². The van der Waals surface area contributed by atoms with Crippen molar-refractivity contribution in [1.82, 2.24) is 59.8 Å². The van der Waals surface area contributed by atoms with Crippen molar-refractivity contribution < 1.29 is 9.31 Å². The summed E-state index contributed by atoms with van der Waals surface area (Å²) in [4.78, 5) is 58.4. The third kappa shape index (κ3) is 19.8. The second-order valence-electron chi connectivity index (χ2n) is 32.2. The van der Waals surface area contributed by atoms with E-state index in [0.717, 1.165) is 183 Å². The van der Waals surface area contributed by atoms with Gasteiger partial charge in [-0.15, -0.1) is 0 Å². The predicted octanol–water partition coefficient (Wildman–Crippen LogP) is 26.5. The van der Waals surface area contributed by atoms with Crippen LogP contribution in [-0.2, 0) is 9.31 Å². The first-order chi connectivity index (χ1) is 60.6. The molecule has 0 saturated carbocycles. The maximum absolute atomic E-state index is 6.08. The summed E-state index contributed by atoms with van der Waals surface area (Å²) in [6.07, 6.45) is 0. The van der Waals surface area contributed by atoms with Gasteiger partial charge in [0.1, 0.15) is 0 Å². The number of halogens is 2. The van der Waals surface area contributed by atoms with Crippen LogP contribution in [0.3, 0.4) is 0 Å². The lowest BCUT2D eigenvalue weighted by atomic mass is 9.79. The van der Waals surface area contributed by atoms with E-state index in [1.54, 1.807) is 0 Å². The van der Waals surface area contributed by atoms with Crippen molar-refractivity contribution in [2.75, 3.05) is 0 Å². The highest BCUT2D eigenvalue weighted by molar-refractivity contribution is 9.10. The van der Waals surface area contributed by atoms with E-state index in [1.165, 1.54) is 0 Å². The van der Waals surface area contributed by atoms with Gasteiger partial charge in [-0.3, -0.25) is 0 Å². The van der Waals surface area contributed by atoms with Crippen LogP contribution in [0.4, 0.5) is 0 Å². The summed E-state index contributed by atoms with van der Waals surface area (Å²) in [6, 6.07) is 118. The van der Waals surface area contributed by atoms with Crippen molar-refractivity contribution in [1.29, 1.82) is 0 Å². The fraction of sp³-hybridized carbons (Fsp3) is 0.111. The Morgan fingerprint density at radius 2 is 0.352 bits per heavy atom. The smallest absolute Gasteiger partial charge is 0.399 e. The van der Waals surface area contributed by atoms with Crippen LogP contribution in [0.25, 0.3) is 169 Å². The molecule has 1 fully saturated rings. The van der Waals surface area contributed by atoms with Gasteiger partial charge in [0.15, 0.2) is 52.4 Å². The lowest BCUT2D eigenvalue weighted by Gasteiger charge is -2.32. The molecule has 0 spiro atoms. The SMILES string of the molecule is Brc1cc(-c2ccccc2)cc(-c2nc(-c3ccccc3)nc(-c3cc(Br)cc(-c4ccccc4)c3)n2)c1.Cc1cc(C)nc(-c2ccc(-c3cc(-c4ccccc4)cc(-c4nc(-c5ccccc5)nc(-c5cc(-c6ccccc6)cc(-c6ccc(-c7nc(C)cc(C)n7)cc6)c5)n4)c3)cc2)n1.Cc1cc(C)nc(-c2ccc(B3OC(C)(C)C(C)(C)O3)cc2)n1. The zero-order valence-electron chi connectivity index (χ0n) is 70.9. The van der Waals surface area contributed by atoms with E-state index in [9.17, 15) is 0 Å². The minimum Gasteiger partial charge on any atom is -0.399 e. The molecule has 1 saturated heterocycles. The maximum Gasteiger partial charge on any atom is 0.494 e. The van der Waals surface area contributed by atoms with Crippen LogP contribution >= 0.6 is 31.9 Å². The summed E-state index contributed by atoms with van der Waals surface area (Å²) in [5, 5.41) is 0. The highest BCUT2D eigenvalue weighted by atomic mass is 79.9. The molecule has 1 aliphatic heterocycles. The zero-order valence-corrected chi connectivity index (χ0v) is 74.1. The monoisotopic (exact) mass is 1750 g/mol. The van der Waals surface area contributed by atoms with Crippen molar-refractivity contribution in [3.05, 3.63) is 389 Å². The molecule has 0 bridgehead atoms. The summed E-state index contributed by atoms with van der Waals surface area (Å²) in [5.74, 6) is 5.81. The van der Waals surface area contributed by atoms with Crippen LogP contribution < -0.4 is 5.46 Å². The molecule has 1 aliphatic rings. The molecule has 0 atom stereocenters. The predicted molar refractivity (Wildman–Crippen MR) is 514 cm³/mol. The van der Waals surface area contributed by atoms with Crippen molar-refractivity contribution >= 4 is 44.4 Å². The van der Waals surface area contributed by atoms with Gasteiger partial charge >= 0.3 is 7.12 Å². The minimum atomic E-state index is -0.339. The molecule has 18 aromatic rings. The van der Waals surface area contributed by atoms with Gasteiger partial charge in [-0.25, -0.2) is 59.8 Å². The molecular weight excluding hydrogens is 1670 g/mol. The van der Waals surface area contributed by atoms with Crippen LogP contribution in [0.2, 0.25) is 0 Å². The van der Waals surface area contributed by atoms with E-state index in [2.05, 4.69) is 264 Å². The average Bonchev–Trinajstić information content (AvgIpc) is 1.68. The average molecular weight is 1760 g/mol. The van der Waals surface area contributed by atoms with E-state index in [0.29, 0.717) is 34.9 Å². The van der Waals surface area contributed by atoms with Crippen LogP contribution in [-0.4, -0.2) is 78.1 Å². The second kappa shape index (κ2) is 36.6. The number of nitrogens with zero attached hydrogens (tertiary/aromatic N) is 12. The van der Waals surface area contributed by atoms with Gasteiger partial charge in [0.05, 0.1) is 11.2 Å². The molecule has 0 radical (unpaired) electrons. The highest BCUT2D eigenvalue weighted by Gasteiger charge is 2.51. The Labute approximate surface area is 746 Å². The van der Waals surface area contributed by atoms with Gasteiger partial charge in [0.25, 0.3) is 0 Å². The molecule has 13 aromatic carbocycles. The highest BCUT2D eigenvalue weighted by Crippen LogP contribution is 2.41. The van der Waals surface area contributed by atoms with Crippen LogP contribution in [0.15, 0.2) is 355 Å². The molecule has 0 N–H and O–H groups in total. The molecule has 14 nitrogen and oxygen atoms in total. The number of hydrogen-bond donors (Lipinski definition) is 0. The number of hydrogen-bond acceptors (Lipinski definition) is 14. The molecule has 0 aliphatic carbocycles. The Morgan fingerprint density at radius 3 is 0.608 bits per heavy atom. The van der Waals surface area contributed by atoms with Gasteiger partial charge in [-0.05, 0) is 232 Å². The molecule has 0 unspecified atom stereocenters. The molecule has 6 heterocycles. The lowest BCUT2D eigenvalue weighted by molar-refractivity contribution is 0.00578. The quantitative estimate of drug-likeness (QED) is 0.0836. The van der Waals surface area contributed by atoms with E-state index in [1.807, 2.05) is 193 Å². The van der Waals surface area contributed by atoms with E-state index < -0.39 is 0 Å². The third-order valence-corrected chi connectivity index (χ3v) is 23.0. The Hall–Kier alpha value is -13.9. The normalized spacial score (nSPS) is 12.5. The van der Waals surface area contributed by atoms with Crippen molar-refractivity contribution in [2.45, 2.75) is 80.4 Å². The largest absolute Gasteiger partial charge is 0.494 e. The third-order valence-electron chi connectivity index (χ3n) is 22.1. The van der Waals surface area contributed by atoms with Gasteiger partial charge in [0, 0.05) is 93.2 Å². The Balaban J connectivity index is 0.000000152. The van der Waals surface area contributed by atoms with Gasteiger partial charge < -0.3 is 9.31 Å². The fourth-order valence-electron chi connectivity index (χ4n) is 15.1. The first-order valence-electron chi connectivity index (χ1n) is 41.5. The number of rotatable bonds is 16. The number of benzene rings is 13. The van der Waals surface area contributed by atoms with E-state index in [4.69, 9.17) is 59.1 Å². The minimum absolute atomic E-state index is 0.326. The Morgan fingerprint density at radius 1 is 0.184 bits per heavy atom. The first-order valence-corrected chi connectivity index (χ1v) is 43.1. The molecule has 0 amide bonds. The van der Waals surface area contributed by atoms with Crippen molar-refractivity contribution in [2.24, 2.45) is 0 Å². The summed E-state index contributed by atoms with van der Waals surface area (Å²) in [6.45, 7) is 20.2. The summed E-state index contributed by atoms with van der Waals surface area (Å²) >= 11 is 7.40. The van der Waals surface area contributed by atoms with E-state index >= 15 is 0 Å². The van der Waals surface area contributed by atoms with Crippen LogP contribution in [0, 0.1) is 41.5 Å². The van der Waals surface area contributed by atoms with E-state index in [-0.39, 0.29) is 18.3 Å². The molecule has 5 aromatic heterocycles. The number of aromatic nitrogens is 12. The van der Waals surface area contributed by atoms with Crippen molar-refractivity contribution in [3.63, 3.8) is 0 Å². The van der Waals surface area contributed by atoms with Crippen LogP contribution in [0.5, 0.6) is 0 Å². The second-order valence-corrected chi connectivity index (χ2v) is 34.0. The van der Waals surface area contributed by atoms with Gasteiger partial charge in [0.2, 0.25) is 0 Å². The Bertz CT molecular complexity index is 6540. The standard InChI is InChI=1S/C57H43N7.C33H21Br2N3.C18H23BN2O2/c1-36-28-37(2)59-53(58-36)45-24-20-42(21-25-45)49-30-47(40-14-8-5-9-15-40)32-51(34-49)56-62-55(44-18-12-7-13-19-44)63-57(64-56)52-33-48(41-16-10-6-11-17-41)31-50(35-52)43-22-26-46(27-23-43)54-60-38(3)29-39(4)61-54;34-29-18-25(22-10-4-1-5-11-22)16-27(20-29)32-36-31(24-14-8-3-9-15-24)37-33(38-32)28-17-26(19-30(35)21-28)23-12-6-2-7-13-23;1-12-11-13(2)21-16(20-12)14-7-9-15(10-8-14)19-22-17(3,4)18(5,6)23-19/h5-35H,1-4H3;1-21H;7-11H,1-6H3. The summed E-state index contributed by atoms with van der Waals surface area (Å²) in [7, 11) is -0.339. The van der Waals surface area contributed by atoms with Gasteiger partial charge in [-0.2, -0.15) is 0 Å². The zero-order chi connectivity index (χ0) is 86.3. The lowest BCUT2D eigenvalue weighted by Crippen LogP contribution is -2.41. The molecule has 608 valence electrons. The molecule has 17 heteroatoms. The molecule has 125 heavy (non-hydrogen) atoms.